The Balaban J connectivity index is 1.70. The summed E-state index contributed by atoms with van der Waals surface area (Å²) >= 11 is 0. The minimum atomic E-state index is 0.00761. The first kappa shape index (κ1) is 18.2. The standard InChI is InChI=1S/C26H20N4O2/c31-23-2-1-3-24(32)26(23)25-21-10-8-19(29-21)13-17-6-4-15(27-17)12-16-5-7-18(28-16)14-20-9-11-22(25)30-20/h1-14,27-32H. The number of aromatic hydroxyl groups is 2. The molecule has 0 saturated heterocycles. The normalized spacial score (nSPS) is 12.7. The summed E-state index contributed by atoms with van der Waals surface area (Å²) in [6.45, 7) is 0. The highest BCUT2D eigenvalue weighted by molar-refractivity contribution is 5.84. The molecule has 0 fully saturated rings. The van der Waals surface area contributed by atoms with E-state index < -0.39 is 0 Å². The van der Waals surface area contributed by atoms with Crippen LogP contribution in [-0.4, -0.2) is 30.1 Å². The van der Waals surface area contributed by atoms with E-state index in [2.05, 4.69) is 26.0 Å². The van der Waals surface area contributed by atoms with Gasteiger partial charge in [0.15, 0.2) is 0 Å². The van der Waals surface area contributed by atoms with E-state index in [0.717, 1.165) is 44.2 Å². The highest BCUT2D eigenvalue weighted by Crippen LogP contribution is 2.35. The second kappa shape index (κ2) is 6.99. The predicted octanol–water partition coefficient (Wildman–Crippen LogP) is 1.46. The van der Waals surface area contributed by atoms with Crippen molar-refractivity contribution in [1.29, 1.82) is 0 Å². The number of hydrogen-bond acceptors (Lipinski definition) is 2. The van der Waals surface area contributed by atoms with Crippen molar-refractivity contribution in [2.75, 3.05) is 0 Å². The van der Waals surface area contributed by atoms with E-state index in [0.29, 0.717) is 11.1 Å². The van der Waals surface area contributed by atoms with E-state index in [1.54, 1.807) is 18.2 Å². The molecule has 0 atom stereocenters. The number of phenols is 2. The van der Waals surface area contributed by atoms with Crippen LogP contribution in [0.15, 0.2) is 66.7 Å². The summed E-state index contributed by atoms with van der Waals surface area (Å²) in [6.07, 6.45) is 6.10. The monoisotopic (exact) mass is 420 g/mol. The van der Waals surface area contributed by atoms with E-state index in [1.165, 1.54) is 0 Å². The summed E-state index contributed by atoms with van der Waals surface area (Å²) in [5.41, 5.74) is 4.68. The molecule has 6 heteroatoms. The predicted molar refractivity (Wildman–Crippen MR) is 124 cm³/mol. The van der Waals surface area contributed by atoms with Gasteiger partial charge >= 0.3 is 0 Å². The molecule has 32 heavy (non-hydrogen) atoms. The zero-order valence-electron chi connectivity index (χ0n) is 17.0. The van der Waals surface area contributed by atoms with E-state index in [-0.39, 0.29) is 11.5 Å². The second-order valence-electron chi connectivity index (χ2n) is 7.87. The third-order valence-corrected chi connectivity index (χ3v) is 5.62. The molecule has 6 N–H and O–H groups in total. The van der Waals surface area contributed by atoms with Crippen molar-refractivity contribution in [1.82, 2.24) is 19.9 Å². The number of H-pyrrole nitrogens is 4. The molecule has 156 valence electrons. The third-order valence-electron chi connectivity index (χ3n) is 5.62. The van der Waals surface area contributed by atoms with E-state index >= 15 is 0 Å². The van der Waals surface area contributed by atoms with Gasteiger partial charge in [0.25, 0.3) is 0 Å². The molecule has 8 bridgehead atoms. The van der Waals surface area contributed by atoms with Gasteiger partial charge in [-0.15, -0.1) is 0 Å². The lowest BCUT2D eigenvalue weighted by Crippen LogP contribution is -2.15. The number of aromatic nitrogens is 4. The number of benzene rings is 1. The molecular formula is C26H20N4O2. The molecule has 0 spiro atoms. The molecule has 5 heterocycles. The summed E-state index contributed by atoms with van der Waals surface area (Å²) in [7, 11) is 0. The number of hydrogen-bond donors (Lipinski definition) is 6. The maximum absolute atomic E-state index is 10.6. The van der Waals surface area contributed by atoms with Gasteiger partial charge in [0.1, 0.15) is 11.5 Å². The smallest absolute Gasteiger partial charge is 0.127 e. The van der Waals surface area contributed by atoms with Crippen LogP contribution in [0.5, 0.6) is 11.5 Å². The van der Waals surface area contributed by atoms with Gasteiger partial charge in [-0.2, -0.15) is 0 Å². The first-order chi connectivity index (χ1) is 15.6. The van der Waals surface area contributed by atoms with Crippen LogP contribution in [0.4, 0.5) is 0 Å². The number of nitrogens with one attached hydrogen (secondary N) is 4. The zero-order chi connectivity index (χ0) is 21.7. The molecule has 0 saturated carbocycles. The second-order valence-corrected chi connectivity index (χ2v) is 7.87. The number of fused-ring (bicyclic) bond motifs is 8. The van der Waals surface area contributed by atoms with Crippen LogP contribution in [0.25, 0.3) is 23.8 Å². The molecule has 1 aliphatic heterocycles. The summed E-state index contributed by atoms with van der Waals surface area (Å²) in [5.74, 6) is 0.0152. The van der Waals surface area contributed by atoms with Gasteiger partial charge in [0.05, 0.1) is 5.56 Å². The van der Waals surface area contributed by atoms with Crippen LogP contribution < -0.4 is 21.4 Å². The lowest BCUT2D eigenvalue weighted by Gasteiger charge is -2.10. The van der Waals surface area contributed by atoms with Crippen molar-refractivity contribution in [2.24, 2.45) is 0 Å². The topological polar surface area (TPSA) is 104 Å². The van der Waals surface area contributed by atoms with Crippen molar-refractivity contribution in [3.8, 4) is 11.5 Å². The Hall–Kier alpha value is -4.58. The van der Waals surface area contributed by atoms with Crippen molar-refractivity contribution in [3.05, 3.63) is 116 Å². The Kier molecular flexibility index (Phi) is 3.98. The summed E-state index contributed by atoms with van der Waals surface area (Å²) in [6, 6.07) is 20.7. The third kappa shape index (κ3) is 3.15. The largest absolute Gasteiger partial charge is 0.507 e. The van der Waals surface area contributed by atoms with Crippen molar-refractivity contribution in [2.45, 2.75) is 0 Å². The minimum Gasteiger partial charge on any atom is -0.507 e. The number of aromatic amines is 4. The molecule has 0 aliphatic carbocycles. The van der Waals surface area contributed by atoms with Crippen LogP contribution in [0.2, 0.25) is 0 Å². The summed E-state index contributed by atoms with van der Waals surface area (Å²) < 4.78 is 0. The van der Waals surface area contributed by atoms with Gasteiger partial charge in [-0.05, 0) is 78.9 Å². The van der Waals surface area contributed by atoms with Gasteiger partial charge in [0, 0.05) is 49.7 Å². The van der Waals surface area contributed by atoms with Gasteiger partial charge in [0.2, 0.25) is 0 Å². The Labute approximate surface area is 182 Å². The first-order valence-electron chi connectivity index (χ1n) is 10.3. The average molecular weight is 420 g/mol. The Morgan fingerprint density at radius 3 is 1.75 bits per heavy atom. The zero-order valence-corrected chi connectivity index (χ0v) is 17.0. The van der Waals surface area contributed by atoms with Gasteiger partial charge in [-0.1, -0.05) is 6.07 Å². The van der Waals surface area contributed by atoms with Gasteiger partial charge in [-0.25, -0.2) is 0 Å². The Morgan fingerprint density at radius 2 is 1.06 bits per heavy atom. The molecule has 6 rings (SSSR count). The highest BCUT2D eigenvalue weighted by atomic mass is 16.3. The SMILES string of the molecule is Oc1cccc(O)c1C1=c2ccc([nH]2)=Cc2ccc([nH]2)C=c2ccc([nH]2)=Cc2ccc1[nH]2. The van der Waals surface area contributed by atoms with Crippen LogP contribution in [0, 0.1) is 0 Å². The van der Waals surface area contributed by atoms with Crippen molar-refractivity contribution in [3.63, 3.8) is 0 Å². The molecular weight excluding hydrogens is 400 g/mol. The maximum Gasteiger partial charge on any atom is 0.127 e. The molecule has 0 radical (unpaired) electrons. The highest BCUT2D eigenvalue weighted by Gasteiger charge is 2.17. The molecule has 6 nitrogen and oxygen atoms in total. The fourth-order valence-corrected chi connectivity index (χ4v) is 4.18. The van der Waals surface area contributed by atoms with Crippen molar-refractivity contribution >= 4 is 23.8 Å². The lowest BCUT2D eigenvalue weighted by molar-refractivity contribution is 0.447. The average Bonchev–Trinajstić information content (AvgIpc) is 3.55. The molecule has 0 amide bonds. The molecule has 0 unspecified atom stereocenters. The van der Waals surface area contributed by atoms with E-state index in [1.807, 2.05) is 60.7 Å². The maximum atomic E-state index is 10.6. The minimum absolute atomic E-state index is 0.00761. The van der Waals surface area contributed by atoms with Crippen LogP contribution in [0.3, 0.4) is 0 Å². The molecule has 4 aromatic heterocycles. The fourth-order valence-electron chi connectivity index (χ4n) is 4.18. The van der Waals surface area contributed by atoms with E-state index in [4.69, 9.17) is 0 Å². The lowest BCUT2D eigenvalue weighted by atomic mass is 10.0. The van der Waals surface area contributed by atoms with Crippen LogP contribution in [-0.2, 0) is 0 Å². The van der Waals surface area contributed by atoms with Crippen molar-refractivity contribution < 1.29 is 10.2 Å². The quantitative estimate of drug-likeness (QED) is 0.243. The summed E-state index contributed by atoms with van der Waals surface area (Å²) in [5, 5.41) is 24.9. The van der Waals surface area contributed by atoms with Gasteiger partial charge in [-0.3, -0.25) is 0 Å². The number of rotatable bonds is 1. The molecule has 5 aromatic rings. The summed E-state index contributed by atoms with van der Waals surface area (Å²) in [4.78, 5) is 13.6. The van der Waals surface area contributed by atoms with E-state index in [9.17, 15) is 10.2 Å². The molecule has 1 aromatic carbocycles. The fraction of sp³-hybridized carbons (Fsp3) is 0. The Bertz CT molecular complexity index is 1690. The number of phenolic OH excluding ortho intramolecular Hbond substituents is 2. The first-order valence-corrected chi connectivity index (χ1v) is 10.3. The Morgan fingerprint density at radius 1 is 0.500 bits per heavy atom. The van der Waals surface area contributed by atoms with Crippen LogP contribution in [0.1, 0.15) is 28.3 Å². The molecule has 1 aliphatic rings. The van der Waals surface area contributed by atoms with Crippen LogP contribution >= 0.6 is 0 Å². The van der Waals surface area contributed by atoms with Gasteiger partial charge < -0.3 is 30.1 Å².